The molecule has 1 aromatic carbocycles. The van der Waals surface area contributed by atoms with Gasteiger partial charge < -0.3 is 10.1 Å². The highest BCUT2D eigenvalue weighted by Crippen LogP contribution is 2.17. The summed E-state index contributed by atoms with van der Waals surface area (Å²) < 4.78 is 31.4. The molecule has 1 aliphatic heterocycles. The van der Waals surface area contributed by atoms with Crippen LogP contribution in [0.15, 0.2) is 24.3 Å². The van der Waals surface area contributed by atoms with Crippen molar-refractivity contribution in [2.45, 2.75) is 19.0 Å². The maximum atomic E-state index is 11.8. The van der Waals surface area contributed by atoms with Gasteiger partial charge in [-0.3, -0.25) is 0 Å². The maximum absolute atomic E-state index is 11.8. The van der Waals surface area contributed by atoms with E-state index >= 15 is 0 Å². The Hall–Kier alpha value is -1.11. The molecule has 6 heteroatoms. The Bertz CT molecular complexity index is 498. The van der Waals surface area contributed by atoms with Crippen LogP contribution in [-0.2, 0) is 16.6 Å². The molecule has 0 bridgehead atoms. The summed E-state index contributed by atoms with van der Waals surface area (Å²) in [6.45, 7) is 1.17. The molecule has 1 aromatic rings. The molecule has 0 spiro atoms. The Kier molecular flexibility index (Phi) is 4.21. The van der Waals surface area contributed by atoms with E-state index in [1.165, 1.54) is 0 Å². The van der Waals surface area contributed by atoms with Gasteiger partial charge in [0.2, 0.25) is 10.0 Å². The van der Waals surface area contributed by atoms with Crippen LogP contribution in [0.25, 0.3) is 0 Å². The molecule has 18 heavy (non-hydrogen) atoms. The van der Waals surface area contributed by atoms with Gasteiger partial charge in [0.15, 0.2) is 0 Å². The SMILES string of the molecule is COc1ccccc1CNS(=O)(=O)CC1CCN1. The monoisotopic (exact) mass is 270 g/mol. The van der Waals surface area contributed by atoms with E-state index in [1.807, 2.05) is 24.3 Å². The van der Waals surface area contributed by atoms with Crippen molar-refractivity contribution in [2.75, 3.05) is 19.4 Å². The zero-order chi connectivity index (χ0) is 13.0. The molecule has 0 amide bonds. The van der Waals surface area contributed by atoms with Crippen molar-refractivity contribution < 1.29 is 13.2 Å². The Morgan fingerprint density at radius 1 is 1.44 bits per heavy atom. The number of para-hydroxylation sites is 1. The highest BCUT2D eigenvalue weighted by Gasteiger charge is 2.23. The van der Waals surface area contributed by atoms with E-state index < -0.39 is 10.0 Å². The number of sulfonamides is 1. The van der Waals surface area contributed by atoms with Crippen LogP contribution < -0.4 is 14.8 Å². The minimum atomic E-state index is -3.23. The number of hydrogen-bond donors (Lipinski definition) is 2. The van der Waals surface area contributed by atoms with Crippen LogP contribution in [0.3, 0.4) is 0 Å². The number of nitrogens with one attached hydrogen (secondary N) is 2. The molecule has 1 heterocycles. The van der Waals surface area contributed by atoms with Crippen LogP contribution >= 0.6 is 0 Å². The highest BCUT2D eigenvalue weighted by atomic mass is 32.2. The lowest BCUT2D eigenvalue weighted by molar-refractivity contribution is 0.397. The average molecular weight is 270 g/mol. The molecular formula is C12H18N2O3S. The number of benzene rings is 1. The summed E-state index contributed by atoms with van der Waals surface area (Å²) in [7, 11) is -1.66. The molecule has 2 rings (SSSR count). The fraction of sp³-hybridized carbons (Fsp3) is 0.500. The van der Waals surface area contributed by atoms with E-state index in [0.29, 0.717) is 5.75 Å². The molecule has 1 atom stereocenters. The summed E-state index contributed by atoms with van der Waals surface area (Å²) in [4.78, 5) is 0. The van der Waals surface area contributed by atoms with Crippen molar-refractivity contribution in [1.29, 1.82) is 0 Å². The summed E-state index contributed by atoms with van der Waals surface area (Å²) in [6, 6.07) is 7.48. The molecule has 1 saturated heterocycles. The Balaban J connectivity index is 1.93. The maximum Gasteiger partial charge on any atom is 0.213 e. The van der Waals surface area contributed by atoms with Gasteiger partial charge in [0, 0.05) is 18.2 Å². The van der Waals surface area contributed by atoms with Crippen molar-refractivity contribution in [3.63, 3.8) is 0 Å². The molecule has 1 fully saturated rings. The van der Waals surface area contributed by atoms with Gasteiger partial charge in [0.05, 0.1) is 12.9 Å². The first-order chi connectivity index (χ1) is 8.61. The standard InChI is InChI=1S/C12H18N2O3S/c1-17-12-5-3-2-4-10(12)8-14-18(15,16)9-11-6-7-13-11/h2-5,11,13-14H,6-9H2,1H3. The summed E-state index contributed by atoms with van der Waals surface area (Å²) in [5, 5.41) is 3.08. The van der Waals surface area contributed by atoms with Gasteiger partial charge in [-0.25, -0.2) is 13.1 Å². The minimum Gasteiger partial charge on any atom is -0.496 e. The molecule has 2 N–H and O–H groups in total. The lowest BCUT2D eigenvalue weighted by Crippen LogP contribution is -2.49. The third-order valence-electron chi connectivity index (χ3n) is 3.02. The summed E-state index contributed by atoms with van der Waals surface area (Å²) >= 11 is 0. The van der Waals surface area contributed by atoms with E-state index in [2.05, 4.69) is 10.0 Å². The normalized spacial score (nSPS) is 19.3. The predicted octanol–water partition coefficient (Wildman–Crippen LogP) is 0.476. The van der Waals surface area contributed by atoms with E-state index in [9.17, 15) is 8.42 Å². The van der Waals surface area contributed by atoms with Crippen LogP contribution in [0.5, 0.6) is 5.75 Å². The van der Waals surface area contributed by atoms with Crippen molar-refractivity contribution in [1.82, 2.24) is 10.0 Å². The second kappa shape index (κ2) is 5.69. The first kappa shape index (κ1) is 13.3. The topological polar surface area (TPSA) is 67.4 Å². The zero-order valence-corrected chi connectivity index (χ0v) is 11.2. The zero-order valence-electron chi connectivity index (χ0n) is 10.3. The molecule has 0 saturated carbocycles. The third-order valence-corrected chi connectivity index (χ3v) is 4.45. The van der Waals surface area contributed by atoms with E-state index in [0.717, 1.165) is 18.5 Å². The number of methoxy groups -OCH3 is 1. The lowest BCUT2D eigenvalue weighted by Gasteiger charge is -2.27. The van der Waals surface area contributed by atoms with Gasteiger partial charge in [0.1, 0.15) is 5.75 Å². The second-order valence-corrected chi connectivity index (χ2v) is 6.21. The average Bonchev–Trinajstić information content (AvgIpc) is 2.32. The lowest BCUT2D eigenvalue weighted by atomic mass is 10.1. The van der Waals surface area contributed by atoms with E-state index in [-0.39, 0.29) is 18.3 Å². The van der Waals surface area contributed by atoms with Crippen LogP contribution in [0.2, 0.25) is 0 Å². The number of rotatable bonds is 6. The second-order valence-electron chi connectivity index (χ2n) is 4.35. The fourth-order valence-corrected chi connectivity index (χ4v) is 3.16. The van der Waals surface area contributed by atoms with Gasteiger partial charge in [-0.2, -0.15) is 0 Å². The number of ether oxygens (including phenoxy) is 1. The van der Waals surface area contributed by atoms with Crippen LogP contribution in [-0.4, -0.2) is 33.9 Å². The smallest absolute Gasteiger partial charge is 0.213 e. The molecular weight excluding hydrogens is 252 g/mol. The van der Waals surface area contributed by atoms with Gasteiger partial charge in [-0.05, 0) is 19.0 Å². The Labute approximate surface area is 108 Å². The predicted molar refractivity (Wildman–Crippen MR) is 70.0 cm³/mol. The Morgan fingerprint density at radius 2 is 2.17 bits per heavy atom. The van der Waals surface area contributed by atoms with Crippen molar-refractivity contribution in [3.8, 4) is 5.75 Å². The van der Waals surface area contributed by atoms with Crippen molar-refractivity contribution in [3.05, 3.63) is 29.8 Å². The first-order valence-corrected chi connectivity index (χ1v) is 7.58. The molecule has 0 aromatic heterocycles. The van der Waals surface area contributed by atoms with Crippen LogP contribution in [0.1, 0.15) is 12.0 Å². The molecule has 1 unspecified atom stereocenters. The largest absolute Gasteiger partial charge is 0.496 e. The Morgan fingerprint density at radius 3 is 2.78 bits per heavy atom. The molecule has 100 valence electrons. The van der Waals surface area contributed by atoms with E-state index in [1.54, 1.807) is 7.11 Å². The third kappa shape index (κ3) is 3.44. The molecule has 0 aliphatic carbocycles. The summed E-state index contributed by atoms with van der Waals surface area (Å²) in [5.41, 5.74) is 0.838. The summed E-state index contributed by atoms with van der Waals surface area (Å²) in [6.07, 6.45) is 0.926. The van der Waals surface area contributed by atoms with Gasteiger partial charge in [-0.1, -0.05) is 18.2 Å². The molecule has 0 radical (unpaired) electrons. The van der Waals surface area contributed by atoms with Crippen molar-refractivity contribution in [2.24, 2.45) is 0 Å². The van der Waals surface area contributed by atoms with Crippen LogP contribution in [0, 0.1) is 0 Å². The molecule has 1 aliphatic rings. The summed E-state index contributed by atoms with van der Waals surface area (Å²) in [5.74, 6) is 0.837. The first-order valence-electron chi connectivity index (χ1n) is 5.93. The van der Waals surface area contributed by atoms with Gasteiger partial charge in [-0.15, -0.1) is 0 Å². The van der Waals surface area contributed by atoms with Gasteiger partial charge >= 0.3 is 0 Å². The fourth-order valence-electron chi connectivity index (χ4n) is 1.85. The molecule has 5 nitrogen and oxygen atoms in total. The van der Waals surface area contributed by atoms with Crippen molar-refractivity contribution >= 4 is 10.0 Å². The number of hydrogen-bond acceptors (Lipinski definition) is 4. The highest BCUT2D eigenvalue weighted by molar-refractivity contribution is 7.89. The quantitative estimate of drug-likeness (QED) is 0.789. The minimum absolute atomic E-state index is 0.0974. The van der Waals surface area contributed by atoms with Crippen LogP contribution in [0.4, 0.5) is 0 Å². The van der Waals surface area contributed by atoms with E-state index in [4.69, 9.17) is 4.74 Å². The van der Waals surface area contributed by atoms with Gasteiger partial charge in [0.25, 0.3) is 0 Å².